The molecule has 0 heterocycles. The molecule has 2 saturated carbocycles. The monoisotopic (exact) mass is 294 g/mol. The Bertz CT molecular complexity index is 782. The number of fused-ring (bicyclic) bond motifs is 3. The van der Waals surface area contributed by atoms with Gasteiger partial charge in [-0.3, -0.25) is 4.79 Å². The van der Waals surface area contributed by atoms with Crippen LogP contribution < -0.4 is 5.43 Å². The highest BCUT2D eigenvalue weighted by Crippen LogP contribution is 2.42. The van der Waals surface area contributed by atoms with E-state index >= 15 is 0 Å². The van der Waals surface area contributed by atoms with Crippen LogP contribution in [-0.4, -0.2) is 16.7 Å². The summed E-state index contributed by atoms with van der Waals surface area (Å²) in [5.74, 6) is 0.951. The lowest BCUT2D eigenvalue weighted by Gasteiger charge is -2.12. The molecular formula is C18H18N2O2. The van der Waals surface area contributed by atoms with Crippen LogP contribution in [-0.2, 0) is 0 Å². The molecule has 1 amide bonds. The van der Waals surface area contributed by atoms with Crippen LogP contribution in [0.1, 0.15) is 36.0 Å². The lowest BCUT2D eigenvalue weighted by Crippen LogP contribution is -2.22. The number of aromatic hydroxyl groups is 1. The molecule has 0 aromatic heterocycles. The van der Waals surface area contributed by atoms with E-state index in [2.05, 4.69) is 10.5 Å². The highest BCUT2D eigenvalue weighted by atomic mass is 16.3. The van der Waals surface area contributed by atoms with E-state index < -0.39 is 0 Å². The number of nitrogens with zero attached hydrogens (tertiary/aromatic N) is 1. The van der Waals surface area contributed by atoms with Crippen molar-refractivity contribution in [1.82, 2.24) is 5.43 Å². The summed E-state index contributed by atoms with van der Waals surface area (Å²) in [5, 5.41) is 16.1. The van der Waals surface area contributed by atoms with Gasteiger partial charge in [-0.2, -0.15) is 5.10 Å². The van der Waals surface area contributed by atoms with Crippen LogP contribution in [0.2, 0.25) is 0 Å². The molecule has 112 valence electrons. The highest BCUT2D eigenvalue weighted by molar-refractivity contribution is 6.09. The Kier molecular flexibility index (Phi) is 3.10. The molecule has 2 bridgehead atoms. The van der Waals surface area contributed by atoms with Gasteiger partial charge in [-0.05, 0) is 54.4 Å². The molecule has 22 heavy (non-hydrogen) atoms. The molecule has 4 heteroatoms. The van der Waals surface area contributed by atoms with E-state index in [1.54, 1.807) is 6.07 Å². The van der Waals surface area contributed by atoms with Crippen LogP contribution in [0.4, 0.5) is 0 Å². The molecule has 0 unspecified atom stereocenters. The van der Waals surface area contributed by atoms with Gasteiger partial charge in [0.2, 0.25) is 0 Å². The third-order valence-electron chi connectivity index (χ3n) is 4.95. The third-order valence-corrected chi connectivity index (χ3v) is 4.95. The van der Waals surface area contributed by atoms with Gasteiger partial charge in [-0.25, -0.2) is 5.43 Å². The Balaban J connectivity index is 1.63. The number of rotatable bonds is 2. The van der Waals surface area contributed by atoms with E-state index in [1.807, 2.05) is 30.3 Å². The zero-order valence-corrected chi connectivity index (χ0v) is 12.2. The van der Waals surface area contributed by atoms with Crippen molar-refractivity contribution in [2.45, 2.75) is 25.7 Å². The maximum absolute atomic E-state index is 12.5. The summed E-state index contributed by atoms with van der Waals surface area (Å²) >= 11 is 0. The third kappa shape index (κ3) is 2.15. The van der Waals surface area contributed by atoms with Crippen molar-refractivity contribution in [3.05, 3.63) is 42.0 Å². The Morgan fingerprint density at radius 3 is 2.82 bits per heavy atom. The van der Waals surface area contributed by atoms with Crippen molar-refractivity contribution >= 4 is 22.4 Å². The smallest absolute Gasteiger partial charge is 0.275 e. The number of amides is 1. The lowest BCUT2D eigenvalue weighted by molar-refractivity contribution is 0.0953. The molecule has 0 spiro atoms. The van der Waals surface area contributed by atoms with Crippen molar-refractivity contribution < 1.29 is 9.90 Å². The van der Waals surface area contributed by atoms with Gasteiger partial charge in [-0.1, -0.05) is 30.3 Å². The predicted octanol–water partition coefficient (Wildman–Crippen LogP) is 3.45. The summed E-state index contributed by atoms with van der Waals surface area (Å²) in [6, 6.07) is 10.9. The van der Waals surface area contributed by atoms with E-state index in [0.29, 0.717) is 11.5 Å². The minimum absolute atomic E-state index is 0.00987. The van der Waals surface area contributed by atoms with E-state index in [4.69, 9.17) is 0 Å². The molecular weight excluding hydrogens is 276 g/mol. The molecule has 4 nitrogen and oxygen atoms in total. The van der Waals surface area contributed by atoms with Crippen molar-refractivity contribution in [2.75, 3.05) is 0 Å². The molecule has 2 aliphatic carbocycles. The second-order valence-electron chi connectivity index (χ2n) is 6.31. The fourth-order valence-electron chi connectivity index (χ4n) is 3.84. The summed E-state index contributed by atoms with van der Waals surface area (Å²) < 4.78 is 0. The number of nitrogens with one attached hydrogen (secondary N) is 1. The topological polar surface area (TPSA) is 61.7 Å². The van der Waals surface area contributed by atoms with Crippen molar-refractivity contribution in [3.63, 3.8) is 0 Å². The average molecular weight is 294 g/mol. The van der Waals surface area contributed by atoms with Crippen molar-refractivity contribution in [1.29, 1.82) is 0 Å². The minimum atomic E-state index is -0.343. The van der Waals surface area contributed by atoms with E-state index in [0.717, 1.165) is 28.8 Å². The van der Waals surface area contributed by atoms with Crippen LogP contribution in [0.3, 0.4) is 0 Å². The molecule has 0 aliphatic heterocycles. The molecule has 0 radical (unpaired) electrons. The molecule has 0 saturated heterocycles. The molecule has 2 aliphatic rings. The molecule has 2 N–H and O–H groups in total. The van der Waals surface area contributed by atoms with E-state index in [-0.39, 0.29) is 11.7 Å². The summed E-state index contributed by atoms with van der Waals surface area (Å²) in [6.45, 7) is 0. The number of phenolic OH excluding ortho intramolecular Hbond substituents is 1. The zero-order valence-electron chi connectivity index (χ0n) is 12.2. The van der Waals surface area contributed by atoms with Crippen LogP contribution in [0.25, 0.3) is 10.8 Å². The molecule has 4 rings (SSSR count). The molecule has 2 atom stereocenters. The fraction of sp³-hybridized carbons (Fsp3) is 0.333. The number of hydrogen-bond acceptors (Lipinski definition) is 3. The first-order chi connectivity index (χ1) is 10.7. The van der Waals surface area contributed by atoms with Gasteiger partial charge >= 0.3 is 0 Å². The van der Waals surface area contributed by atoms with Gasteiger partial charge in [0.25, 0.3) is 5.91 Å². The van der Waals surface area contributed by atoms with Gasteiger partial charge in [0.15, 0.2) is 0 Å². The van der Waals surface area contributed by atoms with Gasteiger partial charge in [0, 0.05) is 5.71 Å². The maximum atomic E-state index is 12.5. The first-order valence-electron chi connectivity index (χ1n) is 7.80. The normalized spacial score (nSPS) is 25.0. The fourth-order valence-corrected chi connectivity index (χ4v) is 3.84. The standard InChI is InChI=1S/C18H18N2O2/c21-16-8-7-12-3-1-2-4-14(12)17(16)18(22)20-19-15-10-11-5-6-13(15)9-11/h1-4,7-8,11,13,21H,5-6,9-10H2,(H,20,22)/b19-15+/t11-,13+/m1/s1. The number of hydrogen-bond donors (Lipinski definition) is 2. The van der Waals surface area contributed by atoms with Crippen LogP contribution in [0, 0.1) is 11.8 Å². The summed E-state index contributed by atoms with van der Waals surface area (Å²) in [4.78, 5) is 12.5. The predicted molar refractivity (Wildman–Crippen MR) is 86.0 cm³/mol. The summed E-state index contributed by atoms with van der Waals surface area (Å²) in [5.41, 5.74) is 4.06. The highest BCUT2D eigenvalue weighted by Gasteiger charge is 2.36. The lowest BCUT2D eigenvalue weighted by atomic mass is 9.99. The SMILES string of the molecule is O=C(N/N=C1\C[C@@H]2CC[C@H]1C2)c1c(O)ccc2ccccc12. The summed E-state index contributed by atoms with van der Waals surface area (Å²) in [6.07, 6.45) is 4.71. The number of carbonyl (C=O) groups excluding carboxylic acids is 1. The van der Waals surface area contributed by atoms with E-state index in [1.165, 1.54) is 19.3 Å². The van der Waals surface area contributed by atoms with Gasteiger partial charge < -0.3 is 5.11 Å². The maximum Gasteiger partial charge on any atom is 0.275 e. The zero-order chi connectivity index (χ0) is 15.1. The Hall–Kier alpha value is -2.36. The minimum Gasteiger partial charge on any atom is -0.507 e. The number of phenols is 1. The largest absolute Gasteiger partial charge is 0.507 e. The van der Waals surface area contributed by atoms with Gasteiger partial charge in [0.1, 0.15) is 5.75 Å². The number of carbonyl (C=O) groups is 1. The molecule has 2 aromatic carbocycles. The van der Waals surface area contributed by atoms with Crippen LogP contribution in [0.15, 0.2) is 41.5 Å². The second kappa shape index (κ2) is 5.13. The Labute approximate surface area is 128 Å². The van der Waals surface area contributed by atoms with Crippen LogP contribution in [0.5, 0.6) is 5.75 Å². The van der Waals surface area contributed by atoms with Crippen LogP contribution >= 0.6 is 0 Å². The van der Waals surface area contributed by atoms with Gasteiger partial charge in [0.05, 0.1) is 5.56 Å². The molecule has 2 fully saturated rings. The molecule has 2 aromatic rings. The average Bonchev–Trinajstić information content (AvgIpc) is 3.15. The number of hydrazone groups is 1. The van der Waals surface area contributed by atoms with Crippen molar-refractivity contribution in [3.8, 4) is 5.75 Å². The van der Waals surface area contributed by atoms with Crippen molar-refractivity contribution in [2.24, 2.45) is 16.9 Å². The first-order valence-corrected chi connectivity index (χ1v) is 7.80. The quantitative estimate of drug-likeness (QED) is 0.833. The summed E-state index contributed by atoms with van der Waals surface area (Å²) in [7, 11) is 0. The number of benzene rings is 2. The second-order valence-corrected chi connectivity index (χ2v) is 6.31. The van der Waals surface area contributed by atoms with E-state index in [9.17, 15) is 9.90 Å². The van der Waals surface area contributed by atoms with Gasteiger partial charge in [-0.15, -0.1) is 0 Å². The Morgan fingerprint density at radius 2 is 2.05 bits per heavy atom. The Morgan fingerprint density at radius 1 is 1.18 bits per heavy atom. The first kappa shape index (κ1) is 13.3.